The van der Waals surface area contributed by atoms with E-state index in [4.69, 9.17) is 0 Å². The Balaban J connectivity index is 1.63. The van der Waals surface area contributed by atoms with Crippen LogP contribution in [0.1, 0.15) is 24.0 Å². The monoisotopic (exact) mass is 432 g/mol. The van der Waals surface area contributed by atoms with Gasteiger partial charge < -0.3 is 4.90 Å². The van der Waals surface area contributed by atoms with E-state index in [1.54, 1.807) is 17.0 Å². The van der Waals surface area contributed by atoms with Crippen LogP contribution in [-0.2, 0) is 15.8 Å². The van der Waals surface area contributed by atoms with Gasteiger partial charge >= 0.3 is 6.18 Å². The molecular formula is C22H19F3N2O2S. The van der Waals surface area contributed by atoms with Gasteiger partial charge in [0.1, 0.15) is 6.54 Å². The van der Waals surface area contributed by atoms with Crippen molar-refractivity contribution in [3.05, 3.63) is 64.6 Å². The van der Waals surface area contributed by atoms with Gasteiger partial charge in [0.25, 0.3) is 5.91 Å². The Labute approximate surface area is 176 Å². The van der Waals surface area contributed by atoms with Gasteiger partial charge in [-0.15, -0.1) is 0 Å². The maximum Gasteiger partial charge on any atom is 0.416 e. The van der Waals surface area contributed by atoms with Crippen LogP contribution in [0, 0.1) is 0 Å². The van der Waals surface area contributed by atoms with Crippen LogP contribution >= 0.6 is 11.8 Å². The van der Waals surface area contributed by atoms with Crippen molar-refractivity contribution in [1.82, 2.24) is 4.90 Å². The van der Waals surface area contributed by atoms with Crippen molar-refractivity contribution in [3.63, 3.8) is 0 Å². The highest BCUT2D eigenvalue weighted by Crippen LogP contribution is 2.42. The van der Waals surface area contributed by atoms with Gasteiger partial charge in [-0.2, -0.15) is 13.2 Å². The summed E-state index contributed by atoms with van der Waals surface area (Å²) in [5.74, 6) is -0.428. The predicted molar refractivity (Wildman–Crippen MR) is 110 cm³/mol. The second-order valence-electron chi connectivity index (χ2n) is 7.18. The first-order valence-corrected chi connectivity index (χ1v) is 10.4. The lowest BCUT2D eigenvalue weighted by molar-refractivity contribution is -0.137. The molecule has 0 bridgehead atoms. The van der Waals surface area contributed by atoms with Gasteiger partial charge in [-0.1, -0.05) is 36.0 Å². The number of likely N-dealkylation sites (tertiary alicyclic amines) is 1. The van der Waals surface area contributed by atoms with Crippen molar-refractivity contribution < 1.29 is 22.8 Å². The van der Waals surface area contributed by atoms with E-state index in [-0.39, 0.29) is 18.4 Å². The summed E-state index contributed by atoms with van der Waals surface area (Å²) in [6.45, 7) is 1.35. The molecule has 4 nitrogen and oxygen atoms in total. The van der Waals surface area contributed by atoms with E-state index in [1.807, 2.05) is 18.2 Å². The van der Waals surface area contributed by atoms with Gasteiger partial charge in [-0.25, -0.2) is 0 Å². The smallest absolute Gasteiger partial charge is 0.341 e. The van der Waals surface area contributed by atoms with Crippen LogP contribution < -0.4 is 4.90 Å². The molecule has 2 amide bonds. The number of halogens is 3. The number of carbonyl (C=O) groups is 2. The summed E-state index contributed by atoms with van der Waals surface area (Å²) in [6, 6.07) is 12.0. The maximum atomic E-state index is 13.2. The molecule has 1 saturated heterocycles. The van der Waals surface area contributed by atoms with Crippen molar-refractivity contribution >= 4 is 35.3 Å². The van der Waals surface area contributed by atoms with Crippen LogP contribution in [0.2, 0.25) is 0 Å². The molecule has 0 aliphatic carbocycles. The number of benzene rings is 2. The largest absolute Gasteiger partial charge is 0.416 e. The van der Waals surface area contributed by atoms with E-state index in [0.29, 0.717) is 29.2 Å². The molecule has 1 fully saturated rings. The summed E-state index contributed by atoms with van der Waals surface area (Å²) in [4.78, 5) is 30.2. The first-order chi connectivity index (χ1) is 14.3. The summed E-state index contributed by atoms with van der Waals surface area (Å²) in [5.41, 5.74) is 0.420. The minimum Gasteiger partial charge on any atom is -0.341 e. The van der Waals surface area contributed by atoms with E-state index in [0.717, 1.165) is 29.9 Å². The van der Waals surface area contributed by atoms with Gasteiger partial charge in [0, 0.05) is 18.0 Å². The number of nitrogens with zero attached hydrogens (tertiary/aromatic N) is 2. The molecule has 0 N–H and O–H groups in total. The molecule has 2 aliphatic heterocycles. The molecular weight excluding hydrogens is 413 g/mol. The third-order valence-corrected chi connectivity index (χ3v) is 6.20. The number of thioether (sulfide) groups is 1. The van der Waals surface area contributed by atoms with Crippen molar-refractivity contribution in [2.45, 2.75) is 23.9 Å². The Bertz CT molecular complexity index is 996. The van der Waals surface area contributed by atoms with Crippen molar-refractivity contribution in [2.24, 2.45) is 0 Å². The Morgan fingerprint density at radius 2 is 1.70 bits per heavy atom. The van der Waals surface area contributed by atoms with E-state index in [2.05, 4.69) is 0 Å². The van der Waals surface area contributed by atoms with Crippen molar-refractivity contribution in [3.8, 4) is 0 Å². The van der Waals surface area contributed by atoms with Crippen LogP contribution in [0.15, 0.2) is 58.3 Å². The quantitative estimate of drug-likeness (QED) is 0.654. The first kappa shape index (κ1) is 20.5. The summed E-state index contributed by atoms with van der Waals surface area (Å²) < 4.78 is 38.4. The number of alkyl halides is 3. The van der Waals surface area contributed by atoms with Crippen LogP contribution in [0.25, 0.3) is 6.08 Å². The average molecular weight is 432 g/mol. The molecule has 0 atom stereocenters. The van der Waals surface area contributed by atoms with Gasteiger partial charge in [-0.3, -0.25) is 14.5 Å². The summed E-state index contributed by atoms with van der Waals surface area (Å²) in [5, 5.41) is 0. The van der Waals surface area contributed by atoms with Crippen molar-refractivity contribution in [2.75, 3.05) is 24.5 Å². The van der Waals surface area contributed by atoms with Gasteiger partial charge in [0.15, 0.2) is 0 Å². The Hall–Kier alpha value is -2.74. The molecule has 0 spiro atoms. The number of anilines is 1. The van der Waals surface area contributed by atoms with Crippen LogP contribution in [-0.4, -0.2) is 36.3 Å². The van der Waals surface area contributed by atoms with Crippen LogP contribution in [0.3, 0.4) is 0 Å². The zero-order chi connectivity index (χ0) is 21.3. The number of hydrogen-bond acceptors (Lipinski definition) is 3. The Morgan fingerprint density at radius 1 is 1.03 bits per heavy atom. The third kappa shape index (κ3) is 4.23. The molecule has 30 heavy (non-hydrogen) atoms. The fourth-order valence-corrected chi connectivity index (χ4v) is 4.60. The molecule has 0 aromatic heterocycles. The average Bonchev–Trinajstić information content (AvgIpc) is 3.26. The zero-order valence-corrected chi connectivity index (χ0v) is 16.8. The summed E-state index contributed by atoms with van der Waals surface area (Å²) >= 11 is 1.26. The lowest BCUT2D eigenvalue weighted by Crippen LogP contribution is -2.43. The Kier molecular flexibility index (Phi) is 5.60. The highest BCUT2D eigenvalue weighted by atomic mass is 32.2. The molecule has 0 unspecified atom stereocenters. The normalized spacial score (nSPS) is 18.1. The van der Waals surface area contributed by atoms with Crippen LogP contribution in [0.5, 0.6) is 0 Å². The lowest BCUT2D eigenvalue weighted by Gasteiger charge is -2.31. The number of para-hydroxylation sites is 1. The van der Waals surface area contributed by atoms with E-state index in [9.17, 15) is 22.8 Å². The summed E-state index contributed by atoms with van der Waals surface area (Å²) in [7, 11) is 0. The van der Waals surface area contributed by atoms with E-state index < -0.39 is 11.7 Å². The van der Waals surface area contributed by atoms with E-state index >= 15 is 0 Å². The van der Waals surface area contributed by atoms with Gasteiger partial charge in [0.05, 0.1) is 16.2 Å². The minimum absolute atomic E-state index is 0.0548. The number of hydrogen-bond donors (Lipinski definition) is 0. The highest BCUT2D eigenvalue weighted by Gasteiger charge is 2.33. The van der Waals surface area contributed by atoms with Gasteiger partial charge in [-0.05, 0) is 48.7 Å². The number of rotatable bonds is 3. The first-order valence-electron chi connectivity index (χ1n) is 9.58. The molecule has 2 aromatic rings. The topological polar surface area (TPSA) is 40.6 Å². The highest BCUT2D eigenvalue weighted by molar-refractivity contribution is 8.04. The Morgan fingerprint density at radius 3 is 2.37 bits per heavy atom. The number of fused-ring (bicyclic) bond motifs is 1. The maximum absolute atomic E-state index is 13.2. The second-order valence-corrected chi connectivity index (χ2v) is 8.26. The molecule has 156 valence electrons. The molecule has 4 rings (SSSR count). The lowest BCUT2D eigenvalue weighted by atomic mass is 10.1. The molecule has 2 aromatic carbocycles. The SMILES string of the molecule is O=C(CN1C(=O)/C(=C\c2ccc(C(F)(F)F)cc2)Sc2ccccc21)N1CCCC1. The zero-order valence-electron chi connectivity index (χ0n) is 16.0. The fourth-order valence-electron chi connectivity index (χ4n) is 3.54. The summed E-state index contributed by atoms with van der Waals surface area (Å²) in [6.07, 6.45) is -0.917. The van der Waals surface area contributed by atoms with Crippen molar-refractivity contribution in [1.29, 1.82) is 0 Å². The molecule has 8 heteroatoms. The second kappa shape index (κ2) is 8.18. The standard InChI is InChI=1S/C22H19F3N2O2S/c23-22(24,25)16-9-7-15(8-10-16)13-19-21(29)27(14-20(28)26-11-3-4-12-26)17-5-1-2-6-18(17)30-19/h1-2,5-10,13H,3-4,11-12,14H2/b19-13+. The molecule has 0 radical (unpaired) electrons. The third-order valence-electron chi connectivity index (χ3n) is 5.12. The fraction of sp³-hybridized carbons (Fsp3) is 0.273. The number of amides is 2. The van der Waals surface area contributed by atoms with E-state index in [1.165, 1.54) is 28.8 Å². The minimum atomic E-state index is -4.41. The number of carbonyl (C=O) groups excluding carboxylic acids is 2. The molecule has 2 heterocycles. The van der Waals surface area contributed by atoms with Crippen LogP contribution in [0.4, 0.5) is 18.9 Å². The molecule has 2 aliphatic rings. The predicted octanol–water partition coefficient (Wildman–Crippen LogP) is 4.81. The van der Waals surface area contributed by atoms with Gasteiger partial charge in [0.2, 0.25) is 5.91 Å². The molecule has 0 saturated carbocycles.